The fourth-order valence-corrected chi connectivity index (χ4v) is 4.01. The molecule has 1 aromatic heterocycles. The summed E-state index contributed by atoms with van der Waals surface area (Å²) in [5.41, 5.74) is 8.17. The first-order chi connectivity index (χ1) is 15.4. The summed E-state index contributed by atoms with van der Waals surface area (Å²) < 4.78 is 28.0. The molecule has 0 fully saturated rings. The summed E-state index contributed by atoms with van der Waals surface area (Å²) in [5.74, 6) is -0.306. The van der Waals surface area contributed by atoms with Crippen molar-refractivity contribution in [1.82, 2.24) is 14.3 Å². The monoisotopic (exact) mass is 439 g/mol. The van der Waals surface area contributed by atoms with Crippen LogP contribution in [0.1, 0.15) is 22.6 Å². The van der Waals surface area contributed by atoms with E-state index >= 15 is 0 Å². The van der Waals surface area contributed by atoms with E-state index in [0.717, 1.165) is 27.1 Å². The van der Waals surface area contributed by atoms with E-state index in [1.807, 2.05) is 48.5 Å². The highest BCUT2D eigenvalue weighted by Gasteiger charge is 2.31. The van der Waals surface area contributed by atoms with E-state index < -0.39 is 11.8 Å². The molecule has 1 amide bonds. The number of amides is 1. The number of nitrogens with two attached hydrogens (primary N) is 1. The topological polar surface area (TPSA) is 86.2 Å². The molecule has 166 valence electrons. The lowest BCUT2D eigenvalue weighted by molar-refractivity contribution is -0.120. The highest BCUT2D eigenvalue weighted by atomic mass is 19.3. The third kappa shape index (κ3) is 4.11. The number of hydrogen-bond donors (Lipinski definition) is 1. The average Bonchev–Trinajstić information content (AvgIpc) is 3.13. The molecule has 2 aromatic carbocycles. The number of nitrogens with zero attached hydrogens (tertiary/aromatic N) is 4. The van der Waals surface area contributed by atoms with Gasteiger partial charge in [-0.25, -0.2) is 9.48 Å². The van der Waals surface area contributed by atoms with Gasteiger partial charge in [-0.3, -0.25) is 9.36 Å². The van der Waals surface area contributed by atoms with Crippen LogP contribution in [-0.2, 0) is 24.3 Å². The Morgan fingerprint density at radius 2 is 1.94 bits per heavy atom. The number of benzene rings is 2. The van der Waals surface area contributed by atoms with Crippen molar-refractivity contribution in [2.45, 2.75) is 25.4 Å². The third-order valence-electron chi connectivity index (χ3n) is 5.76. The molecule has 4 rings (SSSR count). The molecular formula is C23H23F2N5O2. The number of fused-ring (bicyclic) bond motifs is 1. The summed E-state index contributed by atoms with van der Waals surface area (Å²) >= 11 is 0. The van der Waals surface area contributed by atoms with Crippen molar-refractivity contribution >= 4 is 11.6 Å². The minimum Gasteiger partial charge on any atom is -0.327 e. The number of carbonyl (C=O) groups excluding carboxylic acids is 1. The average molecular weight is 439 g/mol. The molecule has 32 heavy (non-hydrogen) atoms. The molecule has 1 unspecified atom stereocenters. The second kappa shape index (κ2) is 8.88. The number of halogens is 2. The summed E-state index contributed by atoms with van der Waals surface area (Å²) in [6.07, 6.45) is 0.0176. The van der Waals surface area contributed by atoms with Crippen LogP contribution in [0.4, 0.5) is 14.5 Å². The van der Waals surface area contributed by atoms with Gasteiger partial charge in [-0.05, 0) is 29.2 Å². The number of aromatic nitrogens is 3. The largest absolute Gasteiger partial charge is 0.346 e. The van der Waals surface area contributed by atoms with Gasteiger partial charge in [0.2, 0.25) is 5.91 Å². The van der Waals surface area contributed by atoms with Gasteiger partial charge in [-0.15, -0.1) is 0 Å². The second-order valence-corrected chi connectivity index (χ2v) is 7.79. The fourth-order valence-electron chi connectivity index (χ4n) is 4.01. The molecule has 0 bridgehead atoms. The third-order valence-corrected chi connectivity index (χ3v) is 5.76. The van der Waals surface area contributed by atoms with E-state index in [0.29, 0.717) is 6.42 Å². The molecule has 1 aliphatic rings. The van der Waals surface area contributed by atoms with E-state index in [4.69, 9.17) is 5.73 Å². The van der Waals surface area contributed by atoms with E-state index in [2.05, 4.69) is 5.10 Å². The molecular weight excluding hydrogens is 416 g/mol. The molecule has 1 aliphatic heterocycles. The van der Waals surface area contributed by atoms with E-state index in [-0.39, 0.29) is 37.0 Å². The summed E-state index contributed by atoms with van der Waals surface area (Å²) in [6.45, 7) is -0.497. The molecule has 0 radical (unpaired) electrons. The van der Waals surface area contributed by atoms with Gasteiger partial charge >= 0.3 is 5.69 Å². The molecule has 2 N–H and O–H groups in total. The SMILES string of the molecule is CN1C(=O)C(c2cccc(Cn3cnn(CC(CN)=C(F)F)c3=O)c2)Cc2ccccc21. The summed E-state index contributed by atoms with van der Waals surface area (Å²) in [6, 6.07) is 15.3. The molecule has 0 saturated carbocycles. The number of carbonyl (C=O) groups is 1. The minimum absolute atomic E-state index is 0.0141. The normalized spacial score (nSPS) is 15.6. The zero-order valence-electron chi connectivity index (χ0n) is 17.5. The van der Waals surface area contributed by atoms with Crippen LogP contribution in [0.2, 0.25) is 0 Å². The first-order valence-corrected chi connectivity index (χ1v) is 10.2. The Kier molecular flexibility index (Phi) is 6.00. The van der Waals surface area contributed by atoms with Crippen LogP contribution < -0.4 is 16.3 Å². The Morgan fingerprint density at radius 1 is 1.16 bits per heavy atom. The Hall–Kier alpha value is -3.59. The zero-order chi connectivity index (χ0) is 22.8. The maximum atomic E-state index is 13.0. The lowest BCUT2D eigenvalue weighted by atomic mass is 9.86. The van der Waals surface area contributed by atoms with Crippen LogP contribution in [0.25, 0.3) is 0 Å². The maximum absolute atomic E-state index is 13.0. The van der Waals surface area contributed by atoms with Crippen LogP contribution >= 0.6 is 0 Å². The predicted molar refractivity (Wildman–Crippen MR) is 117 cm³/mol. The van der Waals surface area contributed by atoms with Crippen molar-refractivity contribution in [2.24, 2.45) is 5.73 Å². The molecule has 0 aliphatic carbocycles. The van der Waals surface area contributed by atoms with Crippen LogP contribution in [0.3, 0.4) is 0 Å². The first kappa shape index (κ1) is 21.6. The molecule has 9 heteroatoms. The van der Waals surface area contributed by atoms with E-state index in [9.17, 15) is 18.4 Å². The highest BCUT2D eigenvalue weighted by molar-refractivity contribution is 6.00. The summed E-state index contributed by atoms with van der Waals surface area (Å²) in [4.78, 5) is 27.2. The molecule has 0 spiro atoms. The Balaban J connectivity index is 1.57. The Morgan fingerprint density at radius 3 is 2.69 bits per heavy atom. The predicted octanol–water partition coefficient (Wildman–Crippen LogP) is 2.51. The van der Waals surface area contributed by atoms with Gasteiger partial charge in [-0.2, -0.15) is 13.9 Å². The highest BCUT2D eigenvalue weighted by Crippen LogP contribution is 2.34. The lowest BCUT2D eigenvalue weighted by Gasteiger charge is -2.32. The van der Waals surface area contributed by atoms with Crippen LogP contribution in [-0.4, -0.2) is 33.8 Å². The minimum atomic E-state index is -1.90. The Bertz CT molecular complexity index is 1240. The van der Waals surface area contributed by atoms with E-state index in [1.165, 1.54) is 10.9 Å². The van der Waals surface area contributed by atoms with Gasteiger partial charge in [0, 0.05) is 24.9 Å². The molecule has 2 heterocycles. The van der Waals surface area contributed by atoms with Crippen LogP contribution in [0.5, 0.6) is 0 Å². The van der Waals surface area contributed by atoms with Gasteiger partial charge in [0.15, 0.2) is 0 Å². The standard InChI is InChI=1S/C23H23F2N5O2/c1-28-20-8-3-2-6-17(20)10-19(22(28)31)16-7-4-5-15(9-16)12-29-14-27-30(23(29)32)13-18(11-26)21(24)25/h2-9,14,19H,10-13,26H2,1H3. The van der Waals surface area contributed by atoms with Crippen molar-refractivity contribution in [1.29, 1.82) is 0 Å². The molecule has 3 aromatic rings. The lowest BCUT2D eigenvalue weighted by Crippen LogP contribution is -2.37. The quantitative estimate of drug-likeness (QED) is 0.640. The summed E-state index contributed by atoms with van der Waals surface area (Å²) in [5, 5.41) is 3.92. The Labute approximate surface area is 183 Å². The maximum Gasteiger partial charge on any atom is 0.346 e. The second-order valence-electron chi connectivity index (χ2n) is 7.79. The molecule has 0 saturated heterocycles. The number of para-hydroxylation sites is 1. The van der Waals surface area contributed by atoms with Crippen molar-refractivity contribution in [3.8, 4) is 0 Å². The number of likely N-dealkylation sites (N-methyl/N-ethyl adjacent to an activating group) is 1. The first-order valence-electron chi connectivity index (χ1n) is 10.2. The van der Waals surface area contributed by atoms with Gasteiger partial charge in [0.05, 0.1) is 19.0 Å². The number of hydrogen-bond acceptors (Lipinski definition) is 4. The van der Waals surface area contributed by atoms with Gasteiger partial charge in [0.25, 0.3) is 6.08 Å². The van der Waals surface area contributed by atoms with Crippen LogP contribution in [0, 0.1) is 0 Å². The summed E-state index contributed by atoms with van der Waals surface area (Å²) in [7, 11) is 1.77. The van der Waals surface area contributed by atoms with Crippen molar-refractivity contribution in [3.63, 3.8) is 0 Å². The van der Waals surface area contributed by atoms with Gasteiger partial charge < -0.3 is 10.6 Å². The smallest absolute Gasteiger partial charge is 0.327 e. The molecule has 7 nitrogen and oxygen atoms in total. The number of rotatable bonds is 6. The zero-order valence-corrected chi connectivity index (χ0v) is 17.5. The van der Waals surface area contributed by atoms with Gasteiger partial charge in [0.1, 0.15) is 6.33 Å². The van der Waals surface area contributed by atoms with Crippen molar-refractivity contribution in [3.05, 3.63) is 93.7 Å². The van der Waals surface area contributed by atoms with Crippen molar-refractivity contribution < 1.29 is 13.6 Å². The molecule has 1 atom stereocenters. The fraction of sp³-hybridized carbons (Fsp3) is 0.261. The van der Waals surface area contributed by atoms with Gasteiger partial charge in [-0.1, -0.05) is 42.5 Å². The number of anilines is 1. The van der Waals surface area contributed by atoms with Crippen LogP contribution in [0.15, 0.2) is 71.3 Å². The van der Waals surface area contributed by atoms with Crippen molar-refractivity contribution in [2.75, 3.05) is 18.5 Å². The van der Waals surface area contributed by atoms with E-state index in [1.54, 1.807) is 11.9 Å².